The first kappa shape index (κ1) is 22.3. The molecule has 2 aromatic carbocycles. The van der Waals surface area contributed by atoms with Crippen molar-refractivity contribution < 1.29 is 17.9 Å². The molecule has 0 saturated carbocycles. The van der Waals surface area contributed by atoms with E-state index in [4.69, 9.17) is 4.74 Å². The van der Waals surface area contributed by atoms with Gasteiger partial charge in [-0.1, -0.05) is 48.0 Å². The Balaban J connectivity index is 1.79. The summed E-state index contributed by atoms with van der Waals surface area (Å²) in [6, 6.07) is 16.4. The van der Waals surface area contributed by atoms with E-state index in [2.05, 4.69) is 17.4 Å². The van der Waals surface area contributed by atoms with Crippen molar-refractivity contribution in [3.8, 4) is 0 Å². The van der Waals surface area contributed by atoms with Crippen LogP contribution >= 0.6 is 0 Å². The van der Waals surface area contributed by atoms with Crippen molar-refractivity contribution in [3.63, 3.8) is 0 Å². The van der Waals surface area contributed by atoms with Crippen LogP contribution in [0.15, 0.2) is 54.6 Å². The first-order valence-electron chi connectivity index (χ1n) is 10.2. The highest BCUT2D eigenvalue weighted by Crippen LogP contribution is 2.34. The number of hydrogen-bond donors (Lipinski definition) is 1. The largest absolute Gasteiger partial charge is 0.381 e. The van der Waals surface area contributed by atoms with Crippen LogP contribution in [0.2, 0.25) is 0 Å². The van der Waals surface area contributed by atoms with Gasteiger partial charge in [-0.25, -0.2) is 8.42 Å². The van der Waals surface area contributed by atoms with Gasteiger partial charge in [0.2, 0.25) is 15.9 Å². The third-order valence-corrected chi connectivity index (χ3v) is 7.06. The van der Waals surface area contributed by atoms with Gasteiger partial charge in [0.25, 0.3) is 0 Å². The Morgan fingerprint density at radius 1 is 1.10 bits per heavy atom. The maximum atomic E-state index is 13.0. The summed E-state index contributed by atoms with van der Waals surface area (Å²) in [5.41, 5.74) is 2.46. The summed E-state index contributed by atoms with van der Waals surface area (Å²) in [7, 11) is -3.63. The fraction of sp³-hybridized carbons (Fsp3) is 0.435. The molecule has 0 spiro atoms. The number of sulfonamides is 1. The minimum atomic E-state index is -3.63. The van der Waals surface area contributed by atoms with E-state index >= 15 is 0 Å². The molecule has 1 heterocycles. The van der Waals surface area contributed by atoms with Gasteiger partial charge in [0.15, 0.2) is 0 Å². The standard InChI is InChI=1S/C23H30N2O4S/c1-18-9-11-21(12-10-18)25(30(3,27)28)19(2)22(26)24-17-23(13-15-29-16-14-23)20-7-5-4-6-8-20/h4-12,19H,13-17H2,1-3H3,(H,24,26). The molecule has 0 aliphatic carbocycles. The van der Waals surface area contributed by atoms with Gasteiger partial charge in [0, 0.05) is 25.2 Å². The number of hydrogen-bond acceptors (Lipinski definition) is 4. The molecular weight excluding hydrogens is 400 g/mol. The number of amides is 1. The molecule has 1 fully saturated rings. The van der Waals surface area contributed by atoms with Crippen molar-refractivity contribution in [2.24, 2.45) is 0 Å². The molecule has 0 radical (unpaired) electrons. The number of aryl methyl sites for hydroxylation is 1. The fourth-order valence-corrected chi connectivity index (χ4v) is 5.20. The van der Waals surface area contributed by atoms with E-state index in [0.29, 0.717) is 25.4 Å². The Labute approximate surface area is 179 Å². The normalized spacial score (nSPS) is 17.2. The van der Waals surface area contributed by atoms with Crippen LogP contribution in [0, 0.1) is 6.92 Å². The molecule has 1 aliphatic heterocycles. The van der Waals surface area contributed by atoms with Gasteiger partial charge in [-0.15, -0.1) is 0 Å². The van der Waals surface area contributed by atoms with Crippen molar-refractivity contribution in [3.05, 3.63) is 65.7 Å². The van der Waals surface area contributed by atoms with Crippen molar-refractivity contribution >= 4 is 21.6 Å². The van der Waals surface area contributed by atoms with E-state index in [1.165, 1.54) is 9.87 Å². The van der Waals surface area contributed by atoms with E-state index in [9.17, 15) is 13.2 Å². The molecule has 1 N–H and O–H groups in total. The highest BCUT2D eigenvalue weighted by Gasteiger charge is 2.36. The quantitative estimate of drug-likeness (QED) is 0.733. The van der Waals surface area contributed by atoms with Gasteiger partial charge in [-0.2, -0.15) is 0 Å². The van der Waals surface area contributed by atoms with Gasteiger partial charge in [-0.3, -0.25) is 9.10 Å². The van der Waals surface area contributed by atoms with Crippen LogP contribution < -0.4 is 9.62 Å². The average molecular weight is 431 g/mol. The molecule has 3 rings (SSSR count). The molecule has 1 aliphatic rings. The third-order valence-electron chi connectivity index (χ3n) is 5.81. The van der Waals surface area contributed by atoms with Crippen LogP contribution in [-0.4, -0.2) is 46.4 Å². The van der Waals surface area contributed by atoms with Crippen LogP contribution in [0.4, 0.5) is 5.69 Å². The van der Waals surface area contributed by atoms with Gasteiger partial charge in [-0.05, 0) is 44.4 Å². The summed E-state index contributed by atoms with van der Waals surface area (Å²) >= 11 is 0. The predicted octanol–water partition coefficient (Wildman–Crippen LogP) is 3.01. The predicted molar refractivity (Wildman–Crippen MR) is 119 cm³/mol. The lowest BCUT2D eigenvalue weighted by Gasteiger charge is -2.38. The minimum Gasteiger partial charge on any atom is -0.381 e. The highest BCUT2D eigenvalue weighted by atomic mass is 32.2. The summed E-state index contributed by atoms with van der Waals surface area (Å²) in [6.07, 6.45) is 2.74. The maximum Gasteiger partial charge on any atom is 0.243 e. The van der Waals surface area contributed by atoms with Crippen molar-refractivity contribution in [2.45, 2.75) is 38.1 Å². The lowest BCUT2D eigenvalue weighted by molar-refractivity contribution is -0.122. The van der Waals surface area contributed by atoms with Gasteiger partial charge < -0.3 is 10.1 Å². The number of rotatable bonds is 7. The smallest absolute Gasteiger partial charge is 0.243 e. The van der Waals surface area contributed by atoms with E-state index in [0.717, 1.165) is 24.7 Å². The Morgan fingerprint density at radius 2 is 1.70 bits per heavy atom. The summed E-state index contributed by atoms with van der Waals surface area (Å²) in [6.45, 7) is 5.27. The molecule has 1 amide bonds. The summed E-state index contributed by atoms with van der Waals surface area (Å²) in [5, 5.41) is 3.02. The van der Waals surface area contributed by atoms with Crippen molar-refractivity contribution in [1.82, 2.24) is 5.32 Å². The Hall–Kier alpha value is -2.38. The number of ether oxygens (including phenoxy) is 1. The third kappa shape index (κ3) is 5.02. The zero-order valence-corrected chi connectivity index (χ0v) is 18.6. The Kier molecular flexibility index (Phi) is 6.83. The topological polar surface area (TPSA) is 75.7 Å². The molecule has 6 nitrogen and oxygen atoms in total. The fourth-order valence-electron chi connectivity index (χ4n) is 4.03. The highest BCUT2D eigenvalue weighted by molar-refractivity contribution is 7.92. The SMILES string of the molecule is Cc1ccc(N(C(C)C(=O)NCC2(c3ccccc3)CCOCC2)S(C)(=O)=O)cc1. The number of benzene rings is 2. The minimum absolute atomic E-state index is 0.214. The van der Waals surface area contributed by atoms with E-state index in [1.807, 2.05) is 37.3 Å². The lowest BCUT2D eigenvalue weighted by Crippen LogP contribution is -2.51. The molecule has 2 aromatic rings. The number of carbonyl (C=O) groups excluding carboxylic acids is 1. The van der Waals surface area contributed by atoms with Crippen LogP contribution in [0.3, 0.4) is 0 Å². The molecule has 0 aromatic heterocycles. The monoisotopic (exact) mass is 430 g/mol. The van der Waals surface area contributed by atoms with Gasteiger partial charge in [0.05, 0.1) is 11.9 Å². The van der Waals surface area contributed by atoms with Crippen LogP contribution in [0.25, 0.3) is 0 Å². The second-order valence-corrected chi connectivity index (χ2v) is 9.91. The van der Waals surface area contributed by atoms with Crippen molar-refractivity contribution in [2.75, 3.05) is 30.3 Å². The molecule has 7 heteroatoms. The molecule has 1 atom stereocenters. The molecule has 1 unspecified atom stereocenters. The van der Waals surface area contributed by atoms with Gasteiger partial charge in [0.1, 0.15) is 6.04 Å². The number of carbonyl (C=O) groups is 1. The zero-order valence-electron chi connectivity index (χ0n) is 17.8. The second-order valence-electron chi connectivity index (χ2n) is 8.05. The first-order valence-corrected chi connectivity index (χ1v) is 12.0. The number of anilines is 1. The molecule has 30 heavy (non-hydrogen) atoms. The van der Waals surface area contributed by atoms with E-state index in [1.54, 1.807) is 19.1 Å². The Morgan fingerprint density at radius 3 is 2.27 bits per heavy atom. The van der Waals surface area contributed by atoms with E-state index < -0.39 is 16.1 Å². The summed E-state index contributed by atoms with van der Waals surface area (Å²) < 4.78 is 31.7. The zero-order chi connectivity index (χ0) is 21.8. The van der Waals surface area contributed by atoms with E-state index in [-0.39, 0.29) is 11.3 Å². The summed E-state index contributed by atoms with van der Waals surface area (Å²) in [4.78, 5) is 13.0. The van der Waals surface area contributed by atoms with Crippen LogP contribution in [0.5, 0.6) is 0 Å². The van der Waals surface area contributed by atoms with Crippen LogP contribution in [0.1, 0.15) is 30.9 Å². The molecule has 1 saturated heterocycles. The molecule has 162 valence electrons. The average Bonchev–Trinajstić information content (AvgIpc) is 2.74. The first-order chi connectivity index (χ1) is 14.2. The summed E-state index contributed by atoms with van der Waals surface area (Å²) in [5.74, 6) is -0.317. The number of nitrogens with zero attached hydrogens (tertiary/aromatic N) is 1. The Bertz CT molecular complexity index is 952. The molecule has 0 bridgehead atoms. The maximum absolute atomic E-state index is 13.0. The number of nitrogens with one attached hydrogen (secondary N) is 1. The molecular formula is C23H30N2O4S. The lowest BCUT2D eigenvalue weighted by atomic mass is 9.74. The van der Waals surface area contributed by atoms with Crippen LogP contribution in [-0.2, 0) is 25.0 Å². The second kappa shape index (κ2) is 9.18. The van der Waals surface area contributed by atoms with Gasteiger partial charge >= 0.3 is 0 Å². The van der Waals surface area contributed by atoms with Crippen molar-refractivity contribution in [1.29, 1.82) is 0 Å².